The van der Waals surface area contributed by atoms with Crippen LogP contribution in [0.2, 0.25) is 0 Å². The summed E-state index contributed by atoms with van der Waals surface area (Å²) in [6.45, 7) is 1.28. The number of ether oxygens (including phenoxy) is 1. The highest BCUT2D eigenvalue weighted by Crippen LogP contribution is 2.32. The first-order valence-electron chi connectivity index (χ1n) is 10.7. The van der Waals surface area contributed by atoms with Gasteiger partial charge in [-0.15, -0.1) is 0 Å². The maximum atomic E-state index is 13.4. The number of fused-ring (bicyclic) bond motifs is 1. The molecule has 8 heteroatoms. The summed E-state index contributed by atoms with van der Waals surface area (Å²) in [7, 11) is 1.64. The van der Waals surface area contributed by atoms with Gasteiger partial charge in [-0.25, -0.2) is 15.0 Å². The number of rotatable bonds is 6. The molecule has 4 heterocycles. The number of imidazole rings is 1. The maximum Gasteiger partial charge on any atom is 0.243 e. The number of aromatic nitrogens is 5. The molecule has 0 radical (unpaired) electrons. The van der Waals surface area contributed by atoms with Gasteiger partial charge in [0.1, 0.15) is 24.7 Å². The number of carbonyl (C=O) groups is 1. The lowest BCUT2D eigenvalue weighted by atomic mass is 10.1. The van der Waals surface area contributed by atoms with Crippen LogP contribution in [0.3, 0.4) is 0 Å². The van der Waals surface area contributed by atoms with Crippen LogP contribution in [0.5, 0.6) is 0 Å². The van der Waals surface area contributed by atoms with E-state index >= 15 is 0 Å². The van der Waals surface area contributed by atoms with Crippen LogP contribution in [0, 0.1) is 0 Å². The molecule has 0 bridgehead atoms. The van der Waals surface area contributed by atoms with E-state index in [1.165, 1.54) is 0 Å². The molecule has 0 spiro atoms. The topological polar surface area (TPSA) is 86.0 Å². The highest BCUT2D eigenvalue weighted by atomic mass is 16.5. The van der Waals surface area contributed by atoms with E-state index in [-0.39, 0.29) is 18.5 Å². The minimum Gasteiger partial charge on any atom is -0.377 e. The molecular weight excluding hydrogens is 404 g/mol. The Morgan fingerprint density at radius 2 is 1.94 bits per heavy atom. The van der Waals surface area contributed by atoms with Crippen molar-refractivity contribution in [3.8, 4) is 11.5 Å². The zero-order valence-corrected chi connectivity index (χ0v) is 17.9. The van der Waals surface area contributed by atoms with Gasteiger partial charge in [-0.05, 0) is 43.2 Å². The van der Waals surface area contributed by atoms with Crippen molar-refractivity contribution in [3.05, 3.63) is 72.4 Å². The molecule has 1 saturated heterocycles. The third kappa shape index (κ3) is 3.85. The van der Waals surface area contributed by atoms with E-state index in [2.05, 4.69) is 15.0 Å². The van der Waals surface area contributed by atoms with Crippen molar-refractivity contribution < 1.29 is 9.53 Å². The predicted molar refractivity (Wildman–Crippen MR) is 119 cm³/mol. The molecule has 1 aromatic carbocycles. The number of para-hydroxylation sites is 2. The summed E-state index contributed by atoms with van der Waals surface area (Å²) in [5.74, 6) is 1.37. The summed E-state index contributed by atoms with van der Waals surface area (Å²) >= 11 is 0. The van der Waals surface area contributed by atoms with Crippen molar-refractivity contribution in [1.82, 2.24) is 29.4 Å². The molecule has 1 aliphatic rings. The highest BCUT2D eigenvalue weighted by molar-refractivity contribution is 5.81. The van der Waals surface area contributed by atoms with Crippen LogP contribution < -0.4 is 0 Å². The lowest BCUT2D eigenvalue weighted by molar-refractivity contribution is -0.132. The smallest absolute Gasteiger partial charge is 0.243 e. The van der Waals surface area contributed by atoms with Crippen molar-refractivity contribution in [2.75, 3.05) is 13.7 Å². The summed E-state index contributed by atoms with van der Waals surface area (Å²) in [5, 5.41) is 0. The molecule has 4 aromatic rings. The standard InChI is InChI=1S/C24H24N6O2/c1-32-16-22-27-17-7-2-3-9-21(17)30(22)15-23(31)29-14-6-10-20(29)18-11-13-26-24(28-18)19-8-4-5-12-25-19/h2-5,7-9,11-13,20H,6,10,14-16H2,1H3/t20-/m0/s1. The van der Waals surface area contributed by atoms with E-state index < -0.39 is 0 Å². The van der Waals surface area contributed by atoms with Crippen LogP contribution in [-0.4, -0.2) is 49.0 Å². The molecule has 3 aromatic heterocycles. The number of nitrogens with zero attached hydrogens (tertiary/aromatic N) is 6. The van der Waals surface area contributed by atoms with Crippen LogP contribution in [-0.2, 0) is 22.7 Å². The Hall–Kier alpha value is -3.65. The van der Waals surface area contributed by atoms with Gasteiger partial charge in [0, 0.05) is 26.0 Å². The van der Waals surface area contributed by atoms with E-state index in [1.54, 1.807) is 19.5 Å². The lowest BCUT2D eigenvalue weighted by Gasteiger charge is -2.25. The molecule has 1 amide bonds. The van der Waals surface area contributed by atoms with Crippen LogP contribution in [0.4, 0.5) is 0 Å². The fourth-order valence-electron chi connectivity index (χ4n) is 4.32. The van der Waals surface area contributed by atoms with Gasteiger partial charge in [0.25, 0.3) is 0 Å². The van der Waals surface area contributed by atoms with E-state index in [0.29, 0.717) is 19.0 Å². The summed E-state index contributed by atoms with van der Waals surface area (Å²) < 4.78 is 7.27. The van der Waals surface area contributed by atoms with Gasteiger partial charge in [0.2, 0.25) is 5.91 Å². The molecule has 32 heavy (non-hydrogen) atoms. The molecule has 162 valence electrons. The lowest BCUT2D eigenvalue weighted by Crippen LogP contribution is -2.34. The van der Waals surface area contributed by atoms with Crippen LogP contribution in [0.15, 0.2) is 60.9 Å². The zero-order valence-electron chi connectivity index (χ0n) is 17.9. The third-order valence-electron chi connectivity index (χ3n) is 5.79. The van der Waals surface area contributed by atoms with E-state index in [0.717, 1.165) is 41.1 Å². The van der Waals surface area contributed by atoms with Gasteiger partial charge in [-0.3, -0.25) is 9.78 Å². The van der Waals surface area contributed by atoms with E-state index in [9.17, 15) is 4.79 Å². The molecule has 1 aliphatic heterocycles. The van der Waals surface area contributed by atoms with Gasteiger partial charge < -0.3 is 14.2 Å². The van der Waals surface area contributed by atoms with Gasteiger partial charge in [-0.1, -0.05) is 18.2 Å². The predicted octanol–water partition coefficient (Wildman–Crippen LogP) is 3.40. The number of hydrogen-bond donors (Lipinski definition) is 0. The van der Waals surface area contributed by atoms with Gasteiger partial charge in [-0.2, -0.15) is 0 Å². The van der Waals surface area contributed by atoms with Crippen molar-refractivity contribution in [1.29, 1.82) is 0 Å². The first kappa shape index (κ1) is 20.3. The minimum absolute atomic E-state index is 0.0472. The Bertz CT molecular complexity index is 1240. The number of hydrogen-bond acceptors (Lipinski definition) is 6. The number of amides is 1. The average Bonchev–Trinajstić information content (AvgIpc) is 3.46. The van der Waals surface area contributed by atoms with Gasteiger partial charge >= 0.3 is 0 Å². The Labute approximate surface area is 185 Å². The summed E-state index contributed by atoms with van der Waals surface area (Å²) in [6, 6.07) is 15.3. The molecule has 8 nitrogen and oxygen atoms in total. The van der Waals surface area contributed by atoms with E-state index in [4.69, 9.17) is 9.72 Å². The number of methoxy groups -OCH3 is 1. The monoisotopic (exact) mass is 428 g/mol. The number of benzene rings is 1. The highest BCUT2D eigenvalue weighted by Gasteiger charge is 2.32. The molecular formula is C24H24N6O2. The first-order chi connectivity index (χ1) is 15.7. The summed E-state index contributed by atoms with van der Waals surface area (Å²) in [5.41, 5.74) is 3.36. The van der Waals surface area contributed by atoms with Gasteiger partial charge in [0.05, 0.1) is 22.8 Å². The molecule has 1 fully saturated rings. The molecule has 0 saturated carbocycles. The average molecular weight is 428 g/mol. The number of likely N-dealkylation sites (tertiary alicyclic amines) is 1. The van der Waals surface area contributed by atoms with Crippen molar-refractivity contribution in [2.45, 2.75) is 32.0 Å². The van der Waals surface area contributed by atoms with Crippen LogP contribution >= 0.6 is 0 Å². The second-order valence-corrected chi connectivity index (χ2v) is 7.80. The Balaban J connectivity index is 1.42. The molecule has 0 N–H and O–H groups in total. The normalized spacial score (nSPS) is 16.0. The fraction of sp³-hybridized carbons (Fsp3) is 0.292. The Morgan fingerprint density at radius 3 is 2.78 bits per heavy atom. The molecule has 1 atom stereocenters. The number of carbonyl (C=O) groups excluding carboxylic acids is 1. The largest absolute Gasteiger partial charge is 0.377 e. The quantitative estimate of drug-likeness (QED) is 0.468. The molecule has 5 rings (SSSR count). The number of pyridine rings is 1. The fourth-order valence-corrected chi connectivity index (χ4v) is 4.32. The Morgan fingerprint density at radius 1 is 1.06 bits per heavy atom. The molecule has 0 aliphatic carbocycles. The summed E-state index contributed by atoms with van der Waals surface area (Å²) in [4.78, 5) is 33.5. The van der Waals surface area contributed by atoms with Crippen LogP contribution in [0.25, 0.3) is 22.6 Å². The SMILES string of the molecule is COCc1nc2ccccc2n1CC(=O)N1CCC[C@H]1c1ccnc(-c2ccccn2)n1. The third-order valence-corrected chi connectivity index (χ3v) is 5.79. The second-order valence-electron chi connectivity index (χ2n) is 7.80. The Kier molecular flexibility index (Phi) is 5.60. The summed E-state index contributed by atoms with van der Waals surface area (Å²) in [6.07, 6.45) is 5.28. The minimum atomic E-state index is -0.0753. The van der Waals surface area contributed by atoms with Gasteiger partial charge in [0.15, 0.2) is 5.82 Å². The van der Waals surface area contributed by atoms with Crippen LogP contribution in [0.1, 0.15) is 30.4 Å². The van der Waals surface area contributed by atoms with Crippen molar-refractivity contribution in [2.24, 2.45) is 0 Å². The first-order valence-corrected chi connectivity index (χ1v) is 10.7. The van der Waals surface area contributed by atoms with E-state index in [1.807, 2.05) is 58.0 Å². The van der Waals surface area contributed by atoms with Crippen molar-refractivity contribution >= 4 is 16.9 Å². The molecule has 0 unspecified atom stereocenters. The zero-order chi connectivity index (χ0) is 21.9. The van der Waals surface area contributed by atoms with Crippen molar-refractivity contribution in [3.63, 3.8) is 0 Å². The second kappa shape index (κ2) is 8.84. The maximum absolute atomic E-state index is 13.4.